The van der Waals surface area contributed by atoms with Gasteiger partial charge in [0.2, 0.25) is 17.4 Å². The quantitative estimate of drug-likeness (QED) is 0.528. The highest BCUT2D eigenvalue weighted by Gasteiger charge is 2.32. The van der Waals surface area contributed by atoms with Crippen molar-refractivity contribution in [3.8, 4) is 17.2 Å². The summed E-state index contributed by atoms with van der Waals surface area (Å²) in [5, 5.41) is 14.1. The number of carbonyl (C=O) groups is 2. The normalized spacial score (nSPS) is 10.1. The topological polar surface area (TPSA) is 143 Å². The number of anilines is 1. The molecule has 2 amide bonds. The Labute approximate surface area is 164 Å². The lowest BCUT2D eigenvalue weighted by Crippen LogP contribution is -2.17. The van der Waals surface area contributed by atoms with Crippen LogP contribution in [0, 0.1) is 10.1 Å². The highest BCUT2D eigenvalue weighted by molar-refractivity contribution is 6.34. The average Bonchev–Trinajstić information content (AvgIpc) is 2.66. The van der Waals surface area contributed by atoms with Crippen molar-refractivity contribution in [2.45, 2.75) is 0 Å². The average molecular weight is 410 g/mol. The van der Waals surface area contributed by atoms with Crippen LogP contribution in [-0.4, -0.2) is 38.1 Å². The van der Waals surface area contributed by atoms with Crippen molar-refractivity contribution in [3.05, 3.63) is 50.5 Å². The lowest BCUT2D eigenvalue weighted by atomic mass is 10.1. The molecule has 2 rings (SSSR count). The molecule has 3 N–H and O–H groups in total. The zero-order valence-electron chi connectivity index (χ0n) is 15.1. The van der Waals surface area contributed by atoms with Crippen LogP contribution in [0.2, 0.25) is 5.02 Å². The van der Waals surface area contributed by atoms with Crippen LogP contribution in [0.5, 0.6) is 17.2 Å². The molecule has 2 aromatic carbocycles. The number of benzene rings is 2. The van der Waals surface area contributed by atoms with Gasteiger partial charge < -0.3 is 25.3 Å². The molecule has 10 nitrogen and oxygen atoms in total. The second-order valence-electron chi connectivity index (χ2n) is 5.31. The molecule has 0 saturated heterocycles. The van der Waals surface area contributed by atoms with Crippen molar-refractivity contribution >= 4 is 34.8 Å². The molecule has 0 aromatic heterocycles. The van der Waals surface area contributed by atoms with Crippen LogP contribution in [0.1, 0.15) is 20.7 Å². The number of primary amides is 1. The van der Waals surface area contributed by atoms with Crippen LogP contribution in [0.3, 0.4) is 0 Å². The number of hydrogen-bond donors (Lipinski definition) is 2. The molecule has 0 bridgehead atoms. The number of nitrogens with zero attached hydrogens (tertiary/aromatic N) is 1. The Morgan fingerprint density at radius 2 is 1.71 bits per heavy atom. The van der Waals surface area contributed by atoms with E-state index in [1.54, 1.807) is 0 Å². The number of nitro groups is 1. The zero-order chi connectivity index (χ0) is 21.0. The standard InChI is InChI=1S/C17H16ClN3O7/c1-26-12-7-10(13(21(24)25)15(28-3)14(12)27-2)17(23)20-8-4-5-11(18)9(6-8)16(19)22/h4-7H,1-3H3,(H2,19,22)(H,20,23). The SMILES string of the molecule is COc1cc(C(=O)Nc2ccc(Cl)c(C(N)=O)c2)c([N+](=O)[O-])c(OC)c1OC. The predicted molar refractivity (Wildman–Crippen MR) is 101 cm³/mol. The largest absolute Gasteiger partial charge is 0.493 e. The number of nitrogens with one attached hydrogen (secondary N) is 1. The van der Waals surface area contributed by atoms with E-state index in [0.717, 1.165) is 6.07 Å². The van der Waals surface area contributed by atoms with E-state index in [4.69, 9.17) is 31.5 Å². The Morgan fingerprint density at radius 1 is 1.07 bits per heavy atom. The van der Waals surface area contributed by atoms with Gasteiger partial charge in [0.15, 0.2) is 5.75 Å². The minimum Gasteiger partial charge on any atom is -0.493 e. The highest BCUT2D eigenvalue weighted by Crippen LogP contribution is 2.46. The van der Waals surface area contributed by atoms with Gasteiger partial charge in [0.05, 0.1) is 36.8 Å². The number of rotatable bonds is 7. The lowest BCUT2D eigenvalue weighted by molar-refractivity contribution is -0.386. The minimum atomic E-state index is -0.844. The van der Waals surface area contributed by atoms with Gasteiger partial charge in [-0.15, -0.1) is 0 Å². The third-order valence-corrected chi connectivity index (χ3v) is 4.05. The first-order chi connectivity index (χ1) is 13.2. The summed E-state index contributed by atoms with van der Waals surface area (Å²) in [7, 11) is 3.79. The fourth-order valence-electron chi connectivity index (χ4n) is 2.49. The maximum atomic E-state index is 12.7. The third kappa shape index (κ3) is 3.91. The van der Waals surface area contributed by atoms with Crippen molar-refractivity contribution < 1.29 is 28.7 Å². The fourth-order valence-corrected chi connectivity index (χ4v) is 2.70. The molecule has 0 saturated carbocycles. The van der Waals surface area contributed by atoms with Crippen molar-refractivity contribution in [2.24, 2.45) is 5.73 Å². The van der Waals surface area contributed by atoms with E-state index in [-0.39, 0.29) is 39.1 Å². The Hall–Kier alpha value is -3.53. The van der Waals surface area contributed by atoms with Crippen molar-refractivity contribution in [1.29, 1.82) is 0 Å². The Balaban J connectivity index is 2.57. The molecule has 11 heteroatoms. The van der Waals surface area contributed by atoms with E-state index in [1.807, 2.05) is 0 Å². The maximum Gasteiger partial charge on any atom is 0.327 e. The molecule has 0 heterocycles. The third-order valence-electron chi connectivity index (χ3n) is 3.72. The first-order valence-electron chi connectivity index (χ1n) is 7.63. The van der Waals surface area contributed by atoms with E-state index < -0.39 is 22.4 Å². The van der Waals surface area contributed by atoms with Gasteiger partial charge in [-0.1, -0.05) is 11.6 Å². The number of carbonyl (C=O) groups excluding carboxylic acids is 2. The molecular weight excluding hydrogens is 394 g/mol. The summed E-state index contributed by atoms with van der Waals surface area (Å²) < 4.78 is 15.3. The van der Waals surface area contributed by atoms with Crippen LogP contribution < -0.4 is 25.3 Å². The highest BCUT2D eigenvalue weighted by atomic mass is 35.5. The number of nitrogens with two attached hydrogens (primary N) is 1. The van der Waals surface area contributed by atoms with Crippen molar-refractivity contribution in [3.63, 3.8) is 0 Å². The summed E-state index contributed by atoms with van der Waals surface area (Å²) in [5.74, 6) is -1.88. The number of halogens is 1. The summed E-state index contributed by atoms with van der Waals surface area (Å²) in [6.07, 6.45) is 0. The van der Waals surface area contributed by atoms with E-state index in [0.29, 0.717) is 0 Å². The second kappa shape index (κ2) is 8.44. The van der Waals surface area contributed by atoms with E-state index >= 15 is 0 Å². The summed E-state index contributed by atoms with van der Waals surface area (Å²) in [6.45, 7) is 0. The first-order valence-corrected chi connectivity index (χ1v) is 8.01. The first kappa shape index (κ1) is 20.8. The number of amides is 2. The molecule has 2 aromatic rings. The van der Waals surface area contributed by atoms with E-state index in [2.05, 4.69) is 5.32 Å². The van der Waals surface area contributed by atoms with Gasteiger partial charge in [-0.3, -0.25) is 19.7 Å². The van der Waals surface area contributed by atoms with Gasteiger partial charge in [0.1, 0.15) is 5.56 Å². The van der Waals surface area contributed by atoms with Gasteiger partial charge in [0, 0.05) is 11.8 Å². The molecule has 0 aliphatic heterocycles. The van der Waals surface area contributed by atoms with Crippen LogP contribution in [0.25, 0.3) is 0 Å². The summed E-state index contributed by atoms with van der Waals surface area (Å²) in [5.41, 5.74) is 4.42. The summed E-state index contributed by atoms with van der Waals surface area (Å²) in [6, 6.07) is 5.18. The molecule has 0 spiro atoms. The van der Waals surface area contributed by atoms with Gasteiger partial charge >= 0.3 is 5.69 Å². The molecule has 0 unspecified atom stereocenters. The zero-order valence-corrected chi connectivity index (χ0v) is 15.8. The maximum absolute atomic E-state index is 12.7. The number of nitro benzene ring substituents is 1. The van der Waals surface area contributed by atoms with Crippen molar-refractivity contribution in [2.75, 3.05) is 26.6 Å². The molecule has 0 aliphatic rings. The van der Waals surface area contributed by atoms with Crippen LogP contribution in [-0.2, 0) is 0 Å². The summed E-state index contributed by atoms with van der Waals surface area (Å²) in [4.78, 5) is 34.9. The number of methoxy groups -OCH3 is 3. The molecule has 148 valence electrons. The minimum absolute atomic E-state index is 0.0149. The van der Waals surface area contributed by atoms with Crippen LogP contribution >= 0.6 is 11.6 Å². The smallest absolute Gasteiger partial charge is 0.327 e. The van der Waals surface area contributed by atoms with E-state index in [9.17, 15) is 19.7 Å². The second-order valence-corrected chi connectivity index (χ2v) is 5.72. The Bertz CT molecular complexity index is 962. The van der Waals surface area contributed by atoms with Crippen LogP contribution in [0.4, 0.5) is 11.4 Å². The number of hydrogen-bond acceptors (Lipinski definition) is 7. The lowest BCUT2D eigenvalue weighted by Gasteiger charge is -2.15. The molecular formula is C17H16ClN3O7. The molecule has 28 heavy (non-hydrogen) atoms. The van der Waals surface area contributed by atoms with Gasteiger partial charge in [-0.05, 0) is 18.2 Å². The molecule has 0 fully saturated rings. The number of ether oxygens (including phenoxy) is 3. The van der Waals surface area contributed by atoms with Crippen molar-refractivity contribution in [1.82, 2.24) is 0 Å². The summed E-state index contributed by atoms with van der Waals surface area (Å²) >= 11 is 5.87. The molecule has 0 atom stereocenters. The Morgan fingerprint density at radius 3 is 2.21 bits per heavy atom. The predicted octanol–water partition coefficient (Wildman–Crippen LogP) is 2.63. The van der Waals surface area contributed by atoms with Crippen LogP contribution in [0.15, 0.2) is 24.3 Å². The van der Waals surface area contributed by atoms with E-state index in [1.165, 1.54) is 39.5 Å². The molecule has 0 aliphatic carbocycles. The monoisotopic (exact) mass is 409 g/mol. The fraction of sp³-hybridized carbons (Fsp3) is 0.176. The molecule has 0 radical (unpaired) electrons. The van der Waals surface area contributed by atoms with Gasteiger partial charge in [-0.25, -0.2) is 0 Å². The Kier molecular flexibility index (Phi) is 6.26. The van der Waals surface area contributed by atoms with Gasteiger partial charge in [-0.2, -0.15) is 0 Å². The van der Waals surface area contributed by atoms with Gasteiger partial charge in [0.25, 0.3) is 5.91 Å².